The third-order valence-electron chi connectivity index (χ3n) is 2.85. The third-order valence-corrected chi connectivity index (χ3v) is 3.07. The molecule has 0 aliphatic carbocycles. The van der Waals surface area contributed by atoms with Crippen molar-refractivity contribution in [1.82, 2.24) is 0 Å². The second-order valence-corrected chi connectivity index (χ2v) is 4.85. The molecule has 0 aliphatic heterocycles. The molecule has 0 bridgehead atoms. The van der Waals surface area contributed by atoms with Crippen LogP contribution in [0.25, 0.3) is 0 Å². The van der Waals surface area contributed by atoms with E-state index in [4.69, 9.17) is 22.4 Å². The van der Waals surface area contributed by atoms with Crippen LogP contribution in [0, 0.1) is 0 Å². The molecule has 1 amide bonds. The van der Waals surface area contributed by atoms with Crippen LogP contribution in [-0.4, -0.2) is 17.0 Å². The molecule has 0 aromatic heterocycles. The topological polar surface area (TPSA) is 92.4 Å². The summed E-state index contributed by atoms with van der Waals surface area (Å²) < 4.78 is 0. The molecule has 2 aromatic carbocycles. The van der Waals surface area contributed by atoms with Gasteiger partial charge in [0.1, 0.15) is 6.04 Å². The number of hydrogen-bond donors (Lipinski definition) is 3. The van der Waals surface area contributed by atoms with Crippen molar-refractivity contribution in [3.05, 3.63) is 64.7 Å². The van der Waals surface area contributed by atoms with Gasteiger partial charge in [0.25, 0.3) is 0 Å². The number of nitrogens with one attached hydrogen (secondary N) is 1. The van der Waals surface area contributed by atoms with Gasteiger partial charge in [-0.15, -0.1) is 0 Å². The molecule has 0 spiro atoms. The molecule has 108 valence electrons. The van der Waals surface area contributed by atoms with E-state index < -0.39 is 17.9 Å². The van der Waals surface area contributed by atoms with Gasteiger partial charge in [0.15, 0.2) is 0 Å². The Morgan fingerprint density at radius 1 is 1.14 bits per heavy atom. The summed E-state index contributed by atoms with van der Waals surface area (Å²) in [5.41, 5.74) is 6.80. The zero-order valence-electron chi connectivity index (χ0n) is 10.9. The zero-order chi connectivity index (χ0) is 15.4. The summed E-state index contributed by atoms with van der Waals surface area (Å²) in [7, 11) is 0. The number of carbonyl (C=O) groups excluding carboxylic acids is 1. The van der Waals surface area contributed by atoms with Crippen LogP contribution >= 0.6 is 11.6 Å². The van der Waals surface area contributed by atoms with E-state index in [0.29, 0.717) is 5.56 Å². The van der Waals surface area contributed by atoms with E-state index in [2.05, 4.69) is 5.32 Å². The number of rotatable bonds is 4. The lowest BCUT2D eigenvalue weighted by molar-refractivity contribution is -0.117. The Hall–Kier alpha value is -2.37. The summed E-state index contributed by atoms with van der Waals surface area (Å²) in [5.74, 6) is -1.57. The second-order valence-electron chi connectivity index (χ2n) is 4.41. The molecule has 1 atom stereocenters. The van der Waals surface area contributed by atoms with Gasteiger partial charge in [-0.1, -0.05) is 41.9 Å². The summed E-state index contributed by atoms with van der Waals surface area (Å²) in [6.07, 6.45) is 0. The van der Waals surface area contributed by atoms with Crippen LogP contribution < -0.4 is 11.1 Å². The van der Waals surface area contributed by atoms with Gasteiger partial charge in [0.2, 0.25) is 5.91 Å². The third kappa shape index (κ3) is 3.81. The van der Waals surface area contributed by atoms with Gasteiger partial charge in [-0.05, 0) is 23.8 Å². The number of carboxylic acid groups (broad SMARTS) is 1. The lowest BCUT2D eigenvalue weighted by Gasteiger charge is -2.13. The van der Waals surface area contributed by atoms with E-state index in [0.717, 1.165) is 0 Å². The van der Waals surface area contributed by atoms with Crippen LogP contribution in [0.3, 0.4) is 0 Å². The number of hydrogen-bond acceptors (Lipinski definition) is 3. The first-order chi connectivity index (χ1) is 9.97. The number of carbonyl (C=O) groups is 2. The van der Waals surface area contributed by atoms with Gasteiger partial charge in [0.05, 0.1) is 5.56 Å². The Labute approximate surface area is 126 Å². The molecule has 0 heterocycles. The molecule has 0 radical (unpaired) electrons. The Morgan fingerprint density at radius 2 is 1.81 bits per heavy atom. The van der Waals surface area contributed by atoms with E-state index in [1.807, 2.05) is 6.07 Å². The maximum Gasteiger partial charge on any atom is 0.335 e. The first-order valence-corrected chi connectivity index (χ1v) is 6.50. The van der Waals surface area contributed by atoms with Gasteiger partial charge in [-0.3, -0.25) is 4.79 Å². The van der Waals surface area contributed by atoms with Gasteiger partial charge >= 0.3 is 5.97 Å². The minimum atomic E-state index is -1.12. The summed E-state index contributed by atoms with van der Waals surface area (Å²) in [4.78, 5) is 23.0. The zero-order valence-corrected chi connectivity index (χ0v) is 11.7. The largest absolute Gasteiger partial charge is 0.478 e. The molecule has 21 heavy (non-hydrogen) atoms. The van der Waals surface area contributed by atoms with E-state index in [1.165, 1.54) is 18.2 Å². The predicted molar refractivity (Wildman–Crippen MR) is 80.4 cm³/mol. The lowest BCUT2D eigenvalue weighted by atomic mass is 10.1. The van der Waals surface area contributed by atoms with Gasteiger partial charge in [0, 0.05) is 10.7 Å². The highest BCUT2D eigenvalue weighted by Crippen LogP contribution is 2.20. The van der Waals surface area contributed by atoms with Crippen molar-refractivity contribution in [3.8, 4) is 0 Å². The average molecular weight is 305 g/mol. The number of halogens is 1. The first kappa shape index (κ1) is 15.0. The Balaban J connectivity index is 2.18. The molecule has 6 heteroatoms. The summed E-state index contributed by atoms with van der Waals surface area (Å²) in [5, 5.41) is 11.7. The van der Waals surface area contributed by atoms with Crippen molar-refractivity contribution < 1.29 is 14.7 Å². The minimum Gasteiger partial charge on any atom is -0.478 e. The van der Waals surface area contributed by atoms with Crippen LogP contribution in [0.4, 0.5) is 5.69 Å². The molecule has 2 rings (SSSR count). The van der Waals surface area contributed by atoms with E-state index in [-0.39, 0.29) is 16.3 Å². The highest BCUT2D eigenvalue weighted by molar-refractivity contribution is 6.31. The SMILES string of the molecule is N[C@H](C(=O)Nc1cc(Cl)cc(C(=O)O)c1)c1ccccc1. The quantitative estimate of drug-likeness (QED) is 0.809. The number of amides is 1. The van der Waals surface area contributed by atoms with Crippen molar-refractivity contribution in [2.24, 2.45) is 5.73 Å². The van der Waals surface area contributed by atoms with Crippen molar-refractivity contribution in [2.75, 3.05) is 5.32 Å². The normalized spacial score (nSPS) is 11.7. The Kier molecular flexibility index (Phi) is 4.57. The summed E-state index contributed by atoms with van der Waals surface area (Å²) in [6.45, 7) is 0. The second kappa shape index (κ2) is 6.39. The Bertz CT molecular complexity index is 674. The Morgan fingerprint density at radius 3 is 2.43 bits per heavy atom. The molecule has 0 fully saturated rings. The van der Waals surface area contributed by atoms with Crippen LogP contribution in [0.1, 0.15) is 22.0 Å². The number of nitrogens with two attached hydrogens (primary N) is 1. The average Bonchev–Trinajstić information content (AvgIpc) is 2.46. The highest BCUT2D eigenvalue weighted by atomic mass is 35.5. The summed E-state index contributed by atoms with van der Waals surface area (Å²) >= 11 is 5.83. The fourth-order valence-corrected chi connectivity index (χ4v) is 2.05. The monoisotopic (exact) mass is 304 g/mol. The van der Waals surface area contributed by atoms with Crippen LogP contribution in [0.5, 0.6) is 0 Å². The van der Waals surface area contributed by atoms with Gasteiger partial charge in [-0.2, -0.15) is 0 Å². The molecule has 0 aliphatic rings. The first-order valence-electron chi connectivity index (χ1n) is 6.12. The molecule has 0 saturated heterocycles. The summed E-state index contributed by atoms with van der Waals surface area (Å²) in [6, 6.07) is 12.1. The molecule has 2 aromatic rings. The van der Waals surface area contributed by atoms with Crippen molar-refractivity contribution in [1.29, 1.82) is 0 Å². The number of aromatic carboxylic acids is 1. The van der Waals surface area contributed by atoms with Gasteiger partial charge in [-0.25, -0.2) is 4.79 Å². The van der Waals surface area contributed by atoms with E-state index in [1.54, 1.807) is 24.3 Å². The lowest BCUT2D eigenvalue weighted by Crippen LogP contribution is -2.27. The van der Waals surface area contributed by atoms with Crippen molar-refractivity contribution in [2.45, 2.75) is 6.04 Å². The van der Waals surface area contributed by atoms with Crippen LogP contribution in [0.2, 0.25) is 5.02 Å². The fourth-order valence-electron chi connectivity index (χ4n) is 1.82. The van der Waals surface area contributed by atoms with Gasteiger partial charge < -0.3 is 16.2 Å². The molecule has 0 unspecified atom stereocenters. The molecule has 4 N–H and O–H groups in total. The van der Waals surface area contributed by atoms with E-state index in [9.17, 15) is 9.59 Å². The maximum absolute atomic E-state index is 12.1. The number of anilines is 1. The van der Waals surface area contributed by atoms with Crippen molar-refractivity contribution >= 4 is 29.2 Å². The molecule has 0 saturated carbocycles. The van der Waals surface area contributed by atoms with Crippen LogP contribution in [-0.2, 0) is 4.79 Å². The predicted octanol–water partition coefficient (Wildman–Crippen LogP) is 2.68. The van der Waals surface area contributed by atoms with Crippen molar-refractivity contribution in [3.63, 3.8) is 0 Å². The standard InChI is InChI=1S/C15H13ClN2O3/c16-11-6-10(15(20)21)7-12(8-11)18-14(19)13(17)9-4-2-1-3-5-9/h1-8,13H,17H2,(H,18,19)(H,20,21)/t13-/m0/s1. The number of carboxylic acids is 1. The van der Waals surface area contributed by atoms with Crippen LogP contribution in [0.15, 0.2) is 48.5 Å². The molecule has 5 nitrogen and oxygen atoms in total. The smallest absolute Gasteiger partial charge is 0.335 e. The molecular weight excluding hydrogens is 292 g/mol. The highest BCUT2D eigenvalue weighted by Gasteiger charge is 2.16. The minimum absolute atomic E-state index is 0.00826. The number of benzene rings is 2. The maximum atomic E-state index is 12.1. The fraction of sp³-hybridized carbons (Fsp3) is 0.0667. The van der Waals surface area contributed by atoms with E-state index >= 15 is 0 Å². The molecular formula is C15H13ClN2O3.